The van der Waals surface area contributed by atoms with Crippen LogP contribution in [-0.2, 0) is 5.41 Å². The molecule has 0 atom stereocenters. The molecule has 1 aliphatic carbocycles. The van der Waals surface area contributed by atoms with Crippen molar-refractivity contribution in [3.05, 3.63) is 70.0 Å². The Labute approximate surface area is 172 Å². The molecule has 0 aliphatic heterocycles. The van der Waals surface area contributed by atoms with Crippen molar-refractivity contribution < 1.29 is 0 Å². The minimum atomic E-state index is -0.148. The van der Waals surface area contributed by atoms with E-state index in [0.29, 0.717) is 5.78 Å². The lowest BCUT2D eigenvalue weighted by Crippen LogP contribution is -2.15. The van der Waals surface area contributed by atoms with Gasteiger partial charge in [-0.25, -0.2) is 9.97 Å². The quantitative estimate of drug-likeness (QED) is 0.402. The van der Waals surface area contributed by atoms with Gasteiger partial charge in [-0.2, -0.15) is 9.61 Å². The normalized spacial score (nSPS) is 15.3. The molecule has 2 aromatic carbocycles. The van der Waals surface area contributed by atoms with Crippen LogP contribution in [0.25, 0.3) is 27.3 Å². The van der Waals surface area contributed by atoms with Crippen molar-refractivity contribution in [3.63, 3.8) is 0 Å². The van der Waals surface area contributed by atoms with E-state index < -0.39 is 0 Å². The predicted octanol–water partition coefficient (Wildman–Crippen LogP) is 4.64. The standard InChI is InChI=1S/C20H13BrN6S/c21-14-4-1-12(2-5-14)16-10-22-19-25-24-18(27(19)26-16)20(7-8-20)13-3-6-15-17(9-13)28-11-23-15/h1-6,9-11H,7-8H2. The number of rotatable bonds is 3. The molecule has 1 fully saturated rings. The average molecular weight is 449 g/mol. The van der Waals surface area contributed by atoms with Gasteiger partial charge in [0.05, 0.1) is 27.3 Å². The minimum Gasteiger partial charge on any atom is -0.245 e. The van der Waals surface area contributed by atoms with Crippen molar-refractivity contribution in [1.29, 1.82) is 0 Å². The maximum absolute atomic E-state index is 4.82. The van der Waals surface area contributed by atoms with Crippen LogP contribution in [0.3, 0.4) is 0 Å². The molecule has 3 heterocycles. The second kappa shape index (κ2) is 5.89. The molecule has 8 heteroatoms. The van der Waals surface area contributed by atoms with Crippen LogP contribution in [0, 0.1) is 0 Å². The van der Waals surface area contributed by atoms with Crippen molar-refractivity contribution in [2.24, 2.45) is 0 Å². The second-order valence-electron chi connectivity index (χ2n) is 7.00. The Morgan fingerprint density at radius 2 is 1.86 bits per heavy atom. The fourth-order valence-electron chi connectivity index (χ4n) is 3.67. The maximum Gasteiger partial charge on any atom is 0.271 e. The monoisotopic (exact) mass is 448 g/mol. The van der Waals surface area contributed by atoms with Gasteiger partial charge in [0.25, 0.3) is 5.78 Å². The zero-order valence-electron chi connectivity index (χ0n) is 14.6. The molecular formula is C20H13BrN6S. The molecule has 6 rings (SSSR count). The van der Waals surface area contributed by atoms with Crippen LogP contribution in [0.15, 0.2) is 58.6 Å². The lowest BCUT2D eigenvalue weighted by molar-refractivity contribution is 0.703. The summed E-state index contributed by atoms with van der Waals surface area (Å²) in [4.78, 5) is 8.87. The summed E-state index contributed by atoms with van der Waals surface area (Å²) in [6, 6.07) is 14.5. The summed E-state index contributed by atoms with van der Waals surface area (Å²) >= 11 is 5.13. The molecule has 0 bridgehead atoms. The number of hydrogen-bond donors (Lipinski definition) is 0. The largest absolute Gasteiger partial charge is 0.271 e. The molecule has 3 aromatic heterocycles. The summed E-state index contributed by atoms with van der Waals surface area (Å²) in [5.74, 6) is 1.39. The van der Waals surface area contributed by atoms with E-state index in [0.717, 1.165) is 39.9 Å². The van der Waals surface area contributed by atoms with Gasteiger partial charge in [0.2, 0.25) is 0 Å². The van der Waals surface area contributed by atoms with Gasteiger partial charge in [-0.1, -0.05) is 34.1 Å². The summed E-state index contributed by atoms with van der Waals surface area (Å²) in [5.41, 5.74) is 5.83. The molecule has 0 N–H and O–H groups in total. The van der Waals surface area contributed by atoms with E-state index in [-0.39, 0.29) is 5.41 Å². The second-order valence-corrected chi connectivity index (χ2v) is 8.80. The van der Waals surface area contributed by atoms with Gasteiger partial charge >= 0.3 is 0 Å². The summed E-state index contributed by atoms with van der Waals surface area (Å²) in [6.45, 7) is 0. The van der Waals surface area contributed by atoms with Crippen LogP contribution < -0.4 is 0 Å². The smallest absolute Gasteiger partial charge is 0.245 e. The maximum atomic E-state index is 4.82. The van der Waals surface area contributed by atoms with E-state index in [1.807, 2.05) is 29.8 Å². The van der Waals surface area contributed by atoms with Crippen LogP contribution in [-0.4, -0.2) is 29.8 Å². The zero-order chi connectivity index (χ0) is 18.7. The fraction of sp³-hybridized carbons (Fsp3) is 0.150. The van der Waals surface area contributed by atoms with Crippen molar-refractivity contribution in [1.82, 2.24) is 29.8 Å². The predicted molar refractivity (Wildman–Crippen MR) is 111 cm³/mol. The first-order valence-electron chi connectivity index (χ1n) is 8.92. The highest BCUT2D eigenvalue weighted by atomic mass is 79.9. The molecule has 5 aromatic rings. The van der Waals surface area contributed by atoms with Crippen LogP contribution >= 0.6 is 27.3 Å². The Morgan fingerprint density at radius 1 is 1.00 bits per heavy atom. The number of benzene rings is 2. The fourth-order valence-corrected chi connectivity index (χ4v) is 4.65. The van der Waals surface area contributed by atoms with E-state index >= 15 is 0 Å². The third-order valence-electron chi connectivity index (χ3n) is 5.34. The molecule has 1 aliphatic rings. The number of hydrogen-bond acceptors (Lipinski definition) is 6. The Morgan fingerprint density at radius 3 is 2.68 bits per heavy atom. The first-order valence-corrected chi connectivity index (χ1v) is 10.6. The van der Waals surface area contributed by atoms with Crippen LogP contribution in [0.5, 0.6) is 0 Å². The SMILES string of the molecule is Brc1ccc(-c2cnc3nnc(C4(c5ccc6ncsc6c5)CC4)n3n2)cc1. The van der Waals surface area contributed by atoms with E-state index in [4.69, 9.17) is 5.10 Å². The van der Waals surface area contributed by atoms with Gasteiger partial charge in [-0.15, -0.1) is 21.5 Å². The van der Waals surface area contributed by atoms with Crippen molar-refractivity contribution in [2.75, 3.05) is 0 Å². The molecule has 28 heavy (non-hydrogen) atoms. The Hall–Kier alpha value is -2.71. The van der Waals surface area contributed by atoms with Crippen LogP contribution in [0.4, 0.5) is 0 Å². The van der Waals surface area contributed by atoms with E-state index in [2.05, 4.69) is 54.3 Å². The van der Waals surface area contributed by atoms with Gasteiger partial charge in [-0.3, -0.25) is 0 Å². The highest BCUT2D eigenvalue weighted by molar-refractivity contribution is 9.10. The molecule has 0 spiro atoms. The molecule has 136 valence electrons. The van der Waals surface area contributed by atoms with Gasteiger partial charge in [-0.05, 0) is 42.7 Å². The highest BCUT2D eigenvalue weighted by Crippen LogP contribution is 2.53. The summed E-state index contributed by atoms with van der Waals surface area (Å²) in [7, 11) is 0. The van der Waals surface area contributed by atoms with Gasteiger partial charge in [0.1, 0.15) is 5.69 Å². The van der Waals surface area contributed by atoms with E-state index in [1.54, 1.807) is 22.0 Å². The first kappa shape index (κ1) is 16.3. The van der Waals surface area contributed by atoms with Crippen molar-refractivity contribution in [3.8, 4) is 11.3 Å². The summed E-state index contributed by atoms with van der Waals surface area (Å²) in [5, 5.41) is 13.6. The molecular weight excluding hydrogens is 436 g/mol. The molecule has 0 unspecified atom stereocenters. The average Bonchev–Trinajstić information content (AvgIpc) is 3.20. The number of thiazole rings is 1. The van der Waals surface area contributed by atoms with Crippen LogP contribution in [0.2, 0.25) is 0 Å². The number of nitrogens with zero attached hydrogens (tertiary/aromatic N) is 6. The topological polar surface area (TPSA) is 68.9 Å². The van der Waals surface area contributed by atoms with Crippen molar-refractivity contribution >= 4 is 43.3 Å². The molecule has 1 saturated carbocycles. The lowest BCUT2D eigenvalue weighted by atomic mass is 9.95. The third kappa shape index (κ3) is 2.41. The zero-order valence-corrected chi connectivity index (χ0v) is 17.0. The Balaban J connectivity index is 1.50. The lowest BCUT2D eigenvalue weighted by Gasteiger charge is -2.13. The Bertz CT molecular complexity index is 1340. The molecule has 0 radical (unpaired) electrons. The summed E-state index contributed by atoms with van der Waals surface area (Å²) < 4.78 is 4.03. The Kier molecular flexibility index (Phi) is 3.42. The van der Waals surface area contributed by atoms with E-state index in [1.165, 1.54) is 10.3 Å². The molecule has 0 amide bonds. The van der Waals surface area contributed by atoms with Crippen molar-refractivity contribution in [2.45, 2.75) is 18.3 Å². The van der Waals surface area contributed by atoms with Crippen LogP contribution in [0.1, 0.15) is 24.2 Å². The van der Waals surface area contributed by atoms with Gasteiger partial charge in [0.15, 0.2) is 5.82 Å². The number of halogens is 1. The van der Waals surface area contributed by atoms with Gasteiger partial charge in [0, 0.05) is 10.0 Å². The first-order chi connectivity index (χ1) is 13.7. The molecule has 6 nitrogen and oxygen atoms in total. The minimum absolute atomic E-state index is 0.148. The highest BCUT2D eigenvalue weighted by Gasteiger charge is 2.50. The molecule has 0 saturated heterocycles. The third-order valence-corrected chi connectivity index (χ3v) is 6.66. The number of aromatic nitrogens is 6. The van der Waals surface area contributed by atoms with Gasteiger partial charge < -0.3 is 0 Å². The summed E-state index contributed by atoms with van der Waals surface area (Å²) in [6.07, 6.45) is 3.81. The van der Waals surface area contributed by atoms with E-state index in [9.17, 15) is 0 Å². The number of fused-ring (bicyclic) bond motifs is 2.